The number of esters is 2. The molecule has 34 heavy (non-hydrogen) atoms. The first-order valence-electron chi connectivity index (χ1n) is 11.5. The number of nitrogen functional groups attached to an aromatic ring is 1. The van der Waals surface area contributed by atoms with Crippen molar-refractivity contribution < 1.29 is 28.6 Å². The van der Waals surface area contributed by atoms with Gasteiger partial charge in [0, 0.05) is 44.0 Å². The van der Waals surface area contributed by atoms with Gasteiger partial charge in [-0.05, 0) is 38.1 Å². The monoisotopic (exact) mass is 475 g/mol. The molecular formula is C23H33N5O6. The summed E-state index contributed by atoms with van der Waals surface area (Å²) in [5, 5.41) is 7.48. The molecule has 186 valence electrons. The van der Waals surface area contributed by atoms with Crippen molar-refractivity contribution in [2.45, 2.75) is 32.4 Å². The van der Waals surface area contributed by atoms with Gasteiger partial charge >= 0.3 is 18.0 Å². The molecule has 2 unspecified atom stereocenters. The molecule has 2 heterocycles. The first-order chi connectivity index (χ1) is 16.3. The highest BCUT2D eigenvalue weighted by Gasteiger charge is 2.36. The van der Waals surface area contributed by atoms with Gasteiger partial charge in [0.25, 0.3) is 0 Å². The molecule has 1 amide bonds. The van der Waals surface area contributed by atoms with Gasteiger partial charge in [0.1, 0.15) is 18.0 Å². The van der Waals surface area contributed by atoms with Crippen LogP contribution in [-0.4, -0.2) is 98.3 Å². The van der Waals surface area contributed by atoms with Gasteiger partial charge in [-0.25, -0.2) is 4.79 Å². The summed E-state index contributed by atoms with van der Waals surface area (Å²) in [4.78, 5) is 42.5. The Balaban J connectivity index is 1.52. The van der Waals surface area contributed by atoms with E-state index in [9.17, 15) is 14.4 Å². The minimum atomic E-state index is -0.668. The Morgan fingerprint density at radius 3 is 2.35 bits per heavy atom. The summed E-state index contributed by atoms with van der Waals surface area (Å²) < 4.78 is 15.8. The van der Waals surface area contributed by atoms with Gasteiger partial charge in [0.15, 0.2) is 0 Å². The first-order valence-corrected chi connectivity index (χ1v) is 11.5. The molecule has 0 aromatic heterocycles. The van der Waals surface area contributed by atoms with Crippen molar-refractivity contribution in [2.75, 3.05) is 57.4 Å². The number of rotatable bonds is 10. The van der Waals surface area contributed by atoms with E-state index in [1.54, 1.807) is 43.0 Å². The molecule has 0 bridgehead atoms. The zero-order valence-corrected chi connectivity index (χ0v) is 19.7. The maximum atomic E-state index is 12.4. The van der Waals surface area contributed by atoms with E-state index in [-0.39, 0.29) is 31.6 Å². The number of carbonyl (C=O) groups is 3. The van der Waals surface area contributed by atoms with Gasteiger partial charge in [0.2, 0.25) is 0 Å². The van der Waals surface area contributed by atoms with Crippen LogP contribution in [0, 0.1) is 5.41 Å². The molecule has 1 aromatic carbocycles. The van der Waals surface area contributed by atoms with Crippen molar-refractivity contribution in [1.29, 1.82) is 5.41 Å². The minimum Gasteiger partial charge on any atom is -0.466 e. The zero-order chi connectivity index (χ0) is 24.7. The maximum absolute atomic E-state index is 12.4. The number of amides is 1. The van der Waals surface area contributed by atoms with Gasteiger partial charge in [-0.3, -0.25) is 29.7 Å². The second kappa shape index (κ2) is 11.8. The summed E-state index contributed by atoms with van der Waals surface area (Å²) in [6, 6.07) is 6.23. The number of hydrogen-bond acceptors (Lipinski definition) is 9. The van der Waals surface area contributed by atoms with Crippen molar-refractivity contribution in [1.82, 2.24) is 9.80 Å². The highest BCUT2D eigenvalue weighted by molar-refractivity contribution is 5.96. The topological polar surface area (TPSA) is 138 Å². The predicted octanol–water partition coefficient (Wildman–Crippen LogP) is 0.798. The minimum absolute atomic E-state index is 0.0278. The van der Waals surface area contributed by atoms with Crippen LogP contribution in [0.25, 0.3) is 0 Å². The van der Waals surface area contributed by atoms with Crippen molar-refractivity contribution in [3.63, 3.8) is 0 Å². The Morgan fingerprint density at radius 1 is 1.12 bits per heavy atom. The van der Waals surface area contributed by atoms with Crippen molar-refractivity contribution in [3.05, 3.63) is 29.8 Å². The van der Waals surface area contributed by atoms with E-state index in [1.165, 1.54) is 0 Å². The average molecular weight is 476 g/mol. The fourth-order valence-electron chi connectivity index (χ4n) is 4.17. The van der Waals surface area contributed by atoms with Crippen LogP contribution >= 0.6 is 0 Å². The van der Waals surface area contributed by atoms with Crippen LogP contribution in [0.15, 0.2) is 24.3 Å². The summed E-state index contributed by atoms with van der Waals surface area (Å²) in [5.41, 5.74) is 6.77. The van der Waals surface area contributed by atoms with Crippen LogP contribution in [0.3, 0.4) is 0 Å². The Kier molecular flexibility index (Phi) is 8.83. The van der Waals surface area contributed by atoms with Crippen LogP contribution in [0.5, 0.6) is 0 Å². The lowest BCUT2D eigenvalue weighted by Crippen LogP contribution is -2.54. The highest BCUT2D eigenvalue weighted by Crippen LogP contribution is 2.23. The van der Waals surface area contributed by atoms with E-state index in [0.29, 0.717) is 50.5 Å². The van der Waals surface area contributed by atoms with E-state index in [2.05, 4.69) is 4.90 Å². The molecule has 2 fully saturated rings. The lowest BCUT2D eigenvalue weighted by molar-refractivity contribution is -0.157. The molecule has 2 aliphatic rings. The highest BCUT2D eigenvalue weighted by atomic mass is 16.6. The molecule has 11 nitrogen and oxygen atoms in total. The Morgan fingerprint density at radius 2 is 1.76 bits per heavy atom. The second-order valence-corrected chi connectivity index (χ2v) is 8.19. The number of nitrogens with two attached hydrogens (primary N) is 1. The molecule has 0 radical (unpaired) electrons. The van der Waals surface area contributed by atoms with E-state index in [0.717, 1.165) is 0 Å². The number of ether oxygens (including phenoxy) is 3. The van der Waals surface area contributed by atoms with Crippen molar-refractivity contribution in [3.8, 4) is 0 Å². The third-order valence-corrected chi connectivity index (χ3v) is 5.90. The molecular weight excluding hydrogens is 442 g/mol. The molecule has 0 spiro atoms. The van der Waals surface area contributed by atoms with Crippen LogP contribution in [0.4, 0.5) is 10.5 Å². The number of anilines is 1. The number of cyclic esters (lactones) is 1. The van der Waals surface area contributed by atoms with Gasteiger partial charge in [0.05, 0.1) is 26.2 Å². The van der Waals surface area contributed by atoms with Gasteiger partial charge in [-0.15, -0.1) is 0 Å². The van der Waals surface area contributed by atoms with E-state index >= 15 is 0 Å². The average Bonchev–Trinajstić information content (AvgIpc) is 3.18. The van der Waals surface area contributed by atoms with Crippen LogP contribution < -0.4 is 10.6 Å². The Labute approximate surface area is 199 Å². The molecule has 11 heteroatoms. The molecule has 0 aliphatic carbocycles. The molecule has 0 saturated carbocycles. The fraction of sp³-hybridized carbons (Fsp3) is 0.565. The van der Waals surface area contributed by atoms with E-state index in [4.69, 9.17) is 25.4 Å². The van der Waals surface area contributed by atoms with Crippen LogP contribution in [-0.2, 0) is 23.8 Å². The molecule has 2 saturated heterocycles. The largest absolute Gasteiger partial charge is 0.466 e. The lowest BCUT2D eigenvalue weighted by atomic mass is 10.1. The fourth-order valence-corrected chi connectivity index (χ4v) is 4.17. The SMILES string of the molecule is CCOC(=O)CC(C(=O)OCC)N1CCN(CC2CN(c3ccc(C(=N)N)cc3)C(=O)O2)CC1. The summed E-state index contributed by atoms with van der Waals surface area (Å²) in [6.07, 6.45) is -0.729. The number of piperazine rings is 1. The summed E-state index contributed by atoms with van der Waals surface area (Å²) in [6.45, 7) is 7.48. The number of carbonyl (C=O) groups excluding carboxylic acids is 3. The standard InChI is InChI=1S/C23H33N5O6/c1-3-32-20(29)13-19(22(30)33-4-2)27-11-9-26(10-12-27)14-18-15-28(23(31)34-18)17-7-5-16(6-8-17)21(24)25/h5-8,18-19H,3-4,9-15H2,1-2H3,(H3,24,25). The second-order valence-electron chi connectivity index (χ2n) is 8.19. The maximum Gasteiger partial charge on any atom is 0.414 e. The first kappa shape index (κ1) is 25.4. The van der Waals surface area contributed by atoms with Gasteiger partial charge < -0.3 is 19.9 Å². The quantitative estimate of drug-likeness (QED) is 0.218. The third kappa shape index (κ3) is 6.45. The van der Waals surface area contributed by atoms with Gasteiger partial charge in [-0.2, -0.15) is 0 Å². The molecule has 1 aromatic rings. The summed E-state index contributed by atoms with van der Waals surface area (Å²) in [5.74, 6) is -0.863. The van der Waals surface area contributed by atoms with E-state index < -0.39 is 24.1 Å². The molecule has 3 rings (SSSR count). The molecule has 2 aliphatic heterocycles. The molecule has 3 N–H and O–H groups in total. The Hall–Kier alpha value is -3.18. The molecule has 2 atom stereocenters. The van der Waals surface area contributed by atoms with Gasteiger partial charge in [-0.1, -0.05) is 0 Å². The van der Waals surface area contributed by atoms with Crippen LogP contribution in [0.2, 0.25) is 0 Å². The number of nitrogens with one attached hydrogen (secondary N) is 1. The summed E-state index contributed by atoms with van der Waals surface area (Å²) in [7, 11) is 0. The predicted molar refractivity (Wildman–Crippen MR) is 125 cm³/mol. The normalized spacial score (nSPS) is 20.0. The smallest absolute Gasteiger partial charge is 0.414 e. The number of benzene rings is 1. The summed E-state index contributed by atoms with van der Waals surface area (Å²) >= 11 is 0. The Bertz CT molecular complexity index is 884. The number of hydrogen-bond donors (Lipinski definition) is 2. The third-order valence-electron chi connectivity index (χ3n) is 5.90. The van der Waals surface area contributed by atoms with Crippen LogP contribution in [0.1, 0.15) is 25.8 Å². The van der Waals surface area contributed by atoms with Crippen molar-refractivity contribution in [2.24, 2.45) is 5.73 Å². The number of nitrogens with zero attached hydrogens (tertiary/aromatic N) is 3. The number of amidine groups is 1. The van der Waals surface area contributed by atoms with E-state index in [1.807, 2.05) is 4.90 Å². The van der Waals surface area contributed by atoms with Crippen molar-refractivity contribution >= 4 is 29.6 Å². The lowest BCUT2D eigenvalue weighted by Gasteiger charge is -2.38. The zero-order valence-electron chi connectivity index (χ0n) is 19.7.